The number of guanidine groups is 1. The zero-order valence-electron chi connectivity index (χ0n) is 12.6. The number of aliphatic imine (C=N–C) groups is 1. The maximum Gasteiger partial charge on any atom is 0.191 e. The Kier molecular flexibility index (Phi) is 6.19. The van der Waals surface area contributed by atoms with Crippen LogP contribution in [-0.2, 0) is 6.42 Å². The highest BCUT2D eigenvalue weighted by Gasteiger charge is 2.27. The zero-order valence-corrected chi connectivity index (χ0v) is 15.8. The molecule has 1 aliphatic rings. The molecular formula is C16H21IN4S. The molecule has 0 amide bonds. The minimum atomic E-state index is 0. The Bertz CT molecular complexity index is 622. The monoisotopic (exact) mass is 428 g/mol. The maximum absolute atomic E-state index is 5.98. The first-order valence-corrected chi connectivity index (χ1v) is 8.14. The molecule has 2 aromatic rings. The van der Waals surface area contributed by atoms with Crippen molar-refractivity contribution < 1.29 is 0 Å². The number of hydrogen-bond acceptors (Lipinski definition) is 3. The van der Waals surface area contributed by atoms with Crippen molar-refractivity contribution in [3.8, 4) is 10.6 Å². The predicted molar refractivity (Wildman–Crippen MR) is 104 cm³/mol. The van der Waals surface area contributed by atoms with Crippen LogP contribution in [0.2, 0.25) is 0 Å². The summed E-state index contributed by atoms with van der Waals surface area (Å²) in [5.74, 6) is 0.649. The Hall–Kier alpha value is -1.15. The lowest BCUT2D eigenvalue weighted by atomic mass is 10.2. The van der Waals surface area contributed by atoms with E-state index in [-0.39, 0.29) is 24.0 Å². The summed E-state index contributed by atoms with van der Waals surface area (Å²) in [5.41, 5.74) is 8.24. The van der Waals surface area contributed by atoms with Gasteiger partial charge in [0.25, 0.3) is 0 Å². The van der Waals surface area contributed by atoms with Crippen LogP contribution in [0.25, 0.3) is 10.6 Å². The number of rotatable bonds is 5. The lowest BCUT2D eigenvalue weighted by Gasteiger charge is -2.16. The van der Waals surface area contributed by atoms with Gasteiger partial charge in [-0.15, -0.1) is 35.3 Å². The molecule has 2 N–H and O–H groups in total. The number of halogens is 1. The molecule has 1 aliphatic carbocycles. The fourth-order valence-electron chi connectivity index (χ4n) is 2.18. The molecule has 0 spiro atoms. The Balaban J connectivity index is 0.00000176. The molecule has 3 rings (SSSR count). The lowest BCUT2D eigenvalue weighted by Crippen LogP contribution is -2.35. The van der Waals surface area contributed by atoms with Crippen LogP contribution in [0.5, 0.6) is 0 Å². The third kappa shape index (κ3) is 4.42. The van der Waals surface area contributed by atoms with Crippen LogP contribution in [0.15, 0.2) is 40.7 Å². The van der Waals surface area contributed by atoms with Gasteiger partial charge in [-0.25, -0.2) is 4.98 Å². The molecule has 6 heteroatoms. The average molecular weight is 428 g/mol. The van der Waals surface area contributed by atoms with Crippen LogP contribution >= 0.6 is 35.3 Å². The van der Waals surface area contributed by atoms with Gasteiger partial charge >= 0.3 is 0 Å². The van der Waals surface area contributed by atoms with Gasteiger partial charge in [-0.05, 0) is 12.8 Å². The number of thiazole rings is 1. The quantitative estimate of drug-likeness (QED) is 0.452. The van der Waals surface area contributed by atoms with Crippen LogP contribution < -0.4 is 5.73 Å². The van der Waals surface area contributed by atoms with Gasteiger partial charge in [0.15, 0.2) is 5.96 Å². The van der Waals surface area contributed by atoms with Crippen LogP contribution in [0.3, 0.4) is 0 Å². The summed E-state index contributed by atoms with van der Waals surface area (Å²) in [4.78, 5) is 11.2. The van der Waals surface area contributed by atoms with Crippen molar-refractivity contribution in [3.05, 3.63) is 41.4 Å². The molecule has 0 atom stereocenters. The summed E-state index contributed by atoms with van der Waals surface area (Å²) in [6.45, 7) is 0.695. The van der Waals surface area contributed by atoms with E-state index < -0.39 is 0 Å². The summed E-state index contributed by atoms with van der Waals surface area (Å²) in [6.07, 6.45) is 3.31. The third-order valence-corrected chi connectivity index (χ3v) is 4.61. The molecule has 118 valence electrons. The number of benzene rings is 1. The van der Waals surface area contributed by atoms with Gasteiger partial charge in [0.05, 0.1) is 5.69 Å². The van der Waals surface area contributed by atoms with Crippen molar-refractivity contribution in [2.75, 3.05) is 13.6 Å². The van der Waals surface area contributed by atoms with E-state index >= 15 is 0 Å². The molecule has 0 radical (unpaired) electrons. The predicted octanol–water partition coefficient (Wildman–Crippen LogP) is 3.38. The van der Waals surface area contributed by atoms with E-state index in [0.717, 1.165) is 17.1 Å². The van der Waals surface area contributed by atoms with E-state index in [0.29, 0.717) is 18.5 Å². The minimum Gasteiger partial charge on any atom is -0.370 e. The number of hydrogen-bond donors (Lipinski definition) is 1. The van der Waals surface area contributed by atoms with Gasteiger partial charge in [-0.2, -0.15) is 0 Å². The Morgan fingerprint density at radius 2 is 2.09 bits per heavy atom. The summed E-state index contributed by atoms with van der Waals surface area (Å²) < 4.78 is 0. The molecule has 1 saturated carbocycles. The topological polar surface area (TPSA) is 54.5 Å². The van der Waals surface area contributed by atoms with Gasteiger partial charge in [-0.1, -0.05) is 30.3 Å². The van der Waals surface area contributed by atoms with Crippen molar-refractivity contribution in [3.63, 3.8) is 0 Å². The van der Waals surface area contributed by atoms with Crippen molar-refractivity contribution in [1.82, 2.24) is 9.88 Å². The van der Waals surface area contributed by atoms with Crippen molar-refractivity contribution in [2.24, 2.45) is 10.7 Å². The second kappa shape index (κ2) is 7.92. The first kappa shape index (κ1) is 17.2. The first-order valence-electron chi connectivity index (χ1n) is 7.26. The summed E-state index contributed by atoms with van der Waals surface area (Å²) >= 11 is 1.68. The van der Waals surface area contributed by atoms with E-state index in [1.807, 2.05) is 25.2 Å². The lowest BCUT2D eigenvalue weighted by molar-refractivity contribution is 0.487. The standard InChI is InChI=1S/C16H20N4S.HI/c1-20(14-7-8-14)16(17)18-10-9-13-11-21-15(19-13)12-5-3-2-4-6-12;/h2-6,11,14H,7-10H2,1H3,(H2,17,18);1H. The molecule has 4 nitrogen and oxygen atoms in total. The largest absolute Gasteiger partial charge is 0.370 e. The smallest absolute Gasteiger partial charge is 0.191 e. The molecule has 0 unspecified atom stereocenters. The second-order valence-corrected chi connectivity index (χ2v) is 6.20. The van der Waals surface area contributed by atoms with E-state index in [4.69, 9.17) is 5.73 Å². The molecule has 1 aromatic carbocycles. The first-order chi connectivity index (χ1) is 10.2. The van der Waals surface area contributed by atoms with E-state index in [1.54, 1.807) is 11.3 Å². The number of aromatic nitrogens is 1. The van der Waals surface area contributed by atoms with E-state index in [9.17, 15) is 0 Å². The van der Waals surface area contributed by atoms with Crippen LogP contribution in [0.1, 0.15) is 18.5 Å². The molecule has 0 saturated heterocycles. The van der Waals surface area contributed by atoms with Crippen molar-refractivity contribution in [1.29, 1.82) is 0 Å². The van der Waals surface area contributed by atoms with Crippen molar-refractivity contribution in [2.45, 2.75) is 25.3 Å². The van der Waals surface area contributed by atoms with Gasteiger partial charge in [0.2, 0.25) is 0 Å². The van der Waals surface area contributed by atoms with Gasteiger partial charge in [0.1, 0.15) is 5.01 Å². The molecule has 0 aliphatic heterocycles. The normalized spacial score (nSPS) is 14.5. The van der Waals surface area contributed by atoms with Crippen molar-refractivity contribution >= 4 is 41.3 Å². The maximum atomic E-state index is 5.98. The molecule has 1 heterocycles. The van der Waals surface area contributed by atoms with Crippen LogP contribution in [-0.4, -0.2) is 35.5 Å². The molecule has 1 fully saturated rings. The molecule has 1 aromatic heterocycles. The van der Waals surface area contributed by atoms with E-state index in [2.05, 4.69) is 32.4 Å². The number of nitrogens with zero attached hydrogens (tertiary/aromatic N) is 3. The summed E-state index contributed by atoms with van der Waals surface area (Å²) in [6, 6.07) is 10.9. The second-order valence-electron chi connectivity index (χ2n) is 5.34. The van der Waals surface area contributed by atoms with Crippen LogP contribution in [0.4, 0.5) is 0 Å². The Morgan fingerprint density at radius 3 is 2.77 bits per heavy atom. The Morgan fingerprint density at radius 1 is 1.36 bits per heavy atom. The highest BCUT2D eigenvalue weighted by molar-refractivity contribution is 14.0. The fraction of sp³-hybridized carbons (Fsp3) is 0.375. The summed E-state index contributed by atoms with van der Waals surface area (Å²) in [5, 5.41) is 3.18. The van der Waals surface area contributed by atoms with Crippen LogP contribution in [0, 0.1) is 0 Å². The Labute approximate surface area is 152 Å². The van der Waals surface area contributed by atoms with Gasteiger partial charge < -0.3 is 10.6 Å². The molecule has 0 bridgehead atoms. The van der Waals surface area contributed by atoms with E-state index in [1.165, 1.54) is 18.4 Å². The van der Waals surface area contributed by atoms with Gasteiger partial charge in [-0.3, -0.25) is 4.99 Å². The average Bonchev–Trinajstić information content (AvgIpc) is 3.26. The number of nitrogens with two attached hydrogens (primary N) is 1. The highest BCUT2D eigenvalue weighted by Crippen LogP contribution is 2.25. The minimum absolute atomic E-state index is 0. The fourth-order valence-corrected chi connectivity index (χ4v) is 3.04. The highest BCUT2D eigenvalue weighted by atomic mass is 127. The SMILES string of the molecule is CN(C(N)=NCCc1csc(-c2ccccc2)n1)C1CC1.I. The molecule has 22 heavy (non-hydrogen) atoms. The zero-order chi connectivity index (χ0) is 14.7. The molecular weight excluding hydrogens is 407 g/mol. The third-order valence-electron chi connectivity index (χ3n) is 3.67. The van der Waals surface area contributed by atoms with Gasteiger partial charge in [0, 0.05) is 37.0 Å². The summed E-state index contributed by atoms with van der Waals surface area (Å²) in [7, 11) is 2.02.